The predicted molar refractivity (Wildman–Crippen MR) is 94.4 cm³/mol. The Labute approximate surface area is 145 Å². The fraction of sp³-hybridized carbons (Fsp3) is 0.650. The van der Waals surface area contributed by atoms with Crippen LogP contribution in [0.4, 0.5) is 4.79 Å². The average Bonchev–Trinajstić information content (AvgIpc) is 3.36. The quantitative estimate of drug-likeness (QED) is 0.810. The van der Waals surface area contributed by atoms with Crippen molar-refractivity contribution >= 4 is 6.09 Å². The highest BCUT2D eigenvalue weighted by atomic mass is 16.6. The Bertz CT molecular complexity index is 566. The van der Waals surface area contributed by atoms with Crippen LogP contribution in [0.5, 0.6) is 5.75 Å². The molecule has 0 atom stereocenters. The molecule has 0 unspecified atom stereocenters. The van der Waals surface area contributed by atoms with Gasteiger partial charge in [-0.3, -0.25) is 0 Å². The van der Waals surface area contributed by atoms with E-state index < -0.39 is 5.60 Å². The minimum Gasteiger partial charge on any atom is -0.493 e. The summed E-state index contributed by atoms with van der Waals surface area (Å²) in [5.74, 6) is 2.24. The zero-order valence-corrected chi connectivity index (χ0v) is 15.1. The molecular formula is C20H29NO3. The van der Waals surface area contributed by atoms with E-state index in [0.29, 0.717) is 5.92 Å². The van der Waals surface area contributed by atoms with Gasteiger partial charge < -0.3 is 14.4 Å². The number of piperidine rings is 1. The van der Waals surface area contributed by atoms with Crippen LogP contribution in [-0.4, -0.2) is 36.3 Å². The average molecular weight is 331 g/mol. The molecular weight excluding hydrogens is 302 g/mol. The number of para-hydroxylation sites is 1. The minimum absolute atomic E-state index is 0.195. The van der Waals surface area contributed by atoms with E-state index in [1.165, 1.54) is 18.4 Å². The number of ether oxygens (including phenoxy) is 2. The molecule has 132 valence electrons. The summed E-state index contributed by atoms with van der Waals surface area (Å²) in [4.78, 5) is 14.0. The third kappa shape index (κ3) is 4.65. The van der Waals surface area contributed by atoms with Gasteiger partial charge in [-0.15, -0.1) is 0 Å². The monoisotopic (exact) mass is 331 g/mol. The second-order valence-corrected chi connectivity index (χ2v) is 8.03. The van der Waals surface area contributed by atoms with Crippen LogP contribution in [0.15, 0.2) is 24.3 Å². The lowest BCUT2D eigenvalue weighted by molar-refractivity contribution is 0.0204. The van der Waals surface area contributed by atoms with Crippen LogP contribution in [-0.2, 0) is 4.74 Å². The lowest BCUT2D eigenvalue weighted by Crippen LogP contribution is -2.41. The minimum atomic E-state index is -0.433. The molecule has 1 aromatic rings. The van der Waals surface area contributed by atoms with Gasteiger partial charge in [0.05, 0.1) is 6.61 Å². The molecule has 1 amide bonds. The molecule has 1 saturated carbocycles. The number of likely N-dealkylation sites (tertiary alicyclic amines) is 1. The van der Waals surface area contributed by atoms with Crippen molar-refractivity contribution in [3.05, 3.63) is 29.8 Å². The van der Waals surface area contributed by atoms with Gasteiger partial charge >= 0.3 is 6.09 Å². The summed E-state index contributed by atoms with van der Waals surface area (Å²) >= 11 is 0. The second kappa shape index (κ2) is 7.04. The molecule has 0 N–H and O–H groups in total. The molecule has 2 aliphatic rings. The molecule has 24 heavy (non-hydrogen) atoms. The zero-order valence-electron chi connectivity index (χ0n) is 15.1. The largest absolute Gasteiger partial charge is 0.493 e. The van der Waals surface area contributed by atoms with Gasteiger partial charge in [0, 0.05) is 13.1 Å². The number of hydrogen-bond acceptors (Lipinski definition) is 3. The topological polar surface area (TPSA) is 38.8 Å². The summed E-state index contributed by atoms with van der Waals surface area (Å²) in [6, 6.07) is 8.38. The highest BCUT2D eigenvalue weighted by Crippen LogP contribution is 2.36. The maximum Gasteiger partial charge on any atom is 0.410 e. The van der Waals surface area contributed by atoms with Crippen LogP contribution in [0, 0.1) is 5.92 Å². The van der Waals surface area contributed by atoms with Crippen molar-refractivity contribution in [2.45, 2.75) is 58.0 Å². The number of hydrogen-bond donors (Lipinski definition) is 0. The molecule has 3 rings (SSSR count). The van der Waals surface area contributed by atoms with Crippen molar-refractivity contribution in [3.63, 3.8) is 0 Å². The van der Waals surface area contributed by atoms with Crippen LogP contribution < -0.4 is 4.74 Å². The summed E-state index contributed by atoms with van der Waals surface area (Å²) in [5.41, 5.74) is 0.860. The highest BCUT2D eigenvalue weighted by Gasteiger charge is 2.29. The number of carbonyl (C=O) groups excluding carboxylic acids is 1. The van der Waals surface area contributed by atoms with Gasteiger partial charge in [-0.2, -0.15) is 0 Å². The maximum absolute atomic E-state index is 12.2. The molecule has 4 heteroatoms. The molecule has 1 aliphatic heterocycles. The molecule has 0 bridgehead atoms. The summed E-state index contributed by atoms with van der Waals surface area (Å²) in [6.45, 7) is 8.06. The van der Waals surface area contributed by atoms with Gasteiger partial charge in [0.2, 0.25) is 0 Å². The van der Waals surface area contributed by atoms with Crippen molar-refractivity contribution in [2.24, 2.45) is 5.92 Å². The van der Waals surface area contributed by atoms with Gasteiger partial charge in [0.15, 0.2) is 0 Å². The number of carbonyl (C=O) groups is 1. The number of nitrogens with zero attached hydrogens (tertiary/aromatic N) is 1. The first-order valence-corrected chi connectivity index (χ1v) is 9.12. The molecule has 0 spiro atoms. The van der Waals surface area contributed by atoms with Gasteiger partial charge in [-0.25, -0.2) is 4.79 Å². The van der Waals surface area contributed by atoms with Crippen molar-refractivity contribution in [1.82, 2.24) is 4.90 Å². The fourth-order valence-corrected chi connectivity index (χ4v) is 3.14. The van der Waals surface area contributed by atoms with Crippen molar-refractivity contribution < 1.29 is 14.3 Å². The smallest absolute Gasteiger partial charge is 0.410 e. The molecule has 2 fully saturated rings. The molecule has 1 aliphatic carbocycles. The Hall–Kier alpha value is -1.71. The number of rotatable bonds is 4. The maximum atomic E-state index is 12.2. The van der Waals surface area contributed by atoms with Gasteiger partial charge in [-0.05, 0) is 69.9 Å². The van der Waals surface area contributed by atoms with E-state index in [2.05, 4.69) is 18.2 Å². The Balaban J connectivity index is 1.57. The summed E-state index contributed by atoms with van der Waals surface area (Å²) < 4.78 is 11.5. The molecule has 4 nitrogen and oxygen atoms in total. The predicted octanol–water partition coefficient (Wildman–Crippen LogP) is 4.59. The first-order chi connectivity index (χ1) is 11.4. The van der Waals surface area contributed by atoms with E-state index >= 15 is 0 Å². The van der Waals surface area contributed by atoms with Crippen LogP contribution in [0.1, 0.15) is 57.9 Å². The van der Waals surface area contributed by atoms with Crippen LogP contribution in [0.2, 0.25) is 0 Å². The Morgan fingerprint density at radius 2 is 1.79 bits per heavy atom. The van der Waals surface area contributed by atoms with Crippen LogP contribution >= 0.6 is 0 Å². The van der Waals surface area contributed by atoms with Crippen LogP contribution in [0.3, 0.4) is 0 Å². The van der Waals surface area contributed by atoms with Crippen molar-refractivity contribution in [3.8, 4) is 5.75 Å². The van der Waals surface area contributed by atoms with E-state index in [0.717, 1.165) is 44.2 Å². The first-order valence-electron chi connectivity index (χ1n) is 9.12. The van der Waals surface area contributed by atoms with Gasteiger partial charge in [-0.1, -0.05) is 18.2 Å². The highest BCUT2D eigenvalue weighted by molar-refractivity contribution is 5.68. The standard InChI is InChI=1S/C20H29NO3/c1-20(2,3)24-19(22)21-12-10-16(11-13-21)17-6-4-5-7-18(17)23-14-15-8-9-15/h4-7,15-16H,8-14H2,1-3H3. The lowest BCUT2D eigenvalue weighted by atomic mass is 9.89. The van der Waals surface area contributed by atoms with Gasteiger partial charge in [0.1, 0.15) is 11.4 Å². The number of benzene rings is 1. The van der Waals surface area contributed by atoms with E-state index in [1.807, 2.05) is 31.7 Å². The van der Waals surface area contributed by atoms with Gasteiger partial charge in [0.25, 0.3) is 0 Å². The van der Waals surface area contributed by atoms with Crippen molar-refractivity contribution in [1.29, 1.82) is 0 Å². The summed E-state index contributed by atoms with van der Waals surface area (Å²) in [6.07, 6.45) is 4.33. The van der Waals surface area contributed by atoms with E-state index in [9.17, 15) is 4.79 Å². The first kappa shape index (κ1) is 17.1. The van der Waals surface area contributed by atoms with E-state index in [-0.39, 0.29) is 6.09 Å². The normalized spacial score (nSPS) is 19.2. The lowest BCUT2D eigenvalue weighted by Gasteiger charge is -2.34. The number of amides is 1. The Kier molecular flexibility index (Phi) is 5.02. The van der Waals surface area contributed by atoms with Crippen LogP contribution in [0.25, 0.3) is 0 Å². The summed E-state index contributed by atoms with van der Waals surface area (Å²) in [7, 11) is 0. The third-order valence-electron chi connectivity index (χ3n) is 4.68. The Morgan fingerprint density at radius 1 is 1.12 bits per heavy atom. The third-order valence-corrected chi connectivity index (χ3v) is 4.68. The van der Waals surface area contributed by atoms with E-state index in [1.54, 1.807) is 0 Å². The SMILES string of the molecule is CC(C)(C)OC(=O)N1CCC(c2ccccc2OCC2CC2)CC1. The molecule has 0 aromatic heterocycles. The van der Waals surface area contributed by atoms with E-state index in [4.69, 9.17) is 9.47 Å². The second-order valence-electron chi connectivity index (χ2n) is 8.03. The molecule has 0 radical (unpaired) electrons. The Morgan fingerprint density at radius 3 is 2.42 bits per heavy atom. The molecule has 1 saturated heterocycles. The molecule has 1 heterocycles. The fourth-order valence-electron chi connectivity index (χ4n) is 3.14. The zero-order chi connectivity index (χ0) is 17.2. The summed E-state index contributed by atoms with van der Waals surface area (Å²) in [5, 5.41) is 0. The molecule has 1 aromatic carbocycles. The van der Waals surface area contributed by atoms with Crippen molar-refractivity contribution in [2.75, 3.05) is 19.7 Å².